The summed E-state index contributed by atoms with van der Waals surface area (Å²) in [4.78, 5) is 18.4. The number of para-hydroxylation sites is 1. The maximum absolute atomic E-state index is 12.7. The van der Waals surface area contributed by atoms with Crippen molar-refractivity contribution in [2.24, 2.45) is 5.73 Å². The highest BCUT2D eigenvalue weighted by Gasteiger charge is 2.28. The van der Waals surface area contributed by atoms with Gasteiger partial charge in [-0.25, -0.2) is 0 Å². The van der Waals surface area contributed by atoms with Crippen molar-refractivity contribution < 1.29 is 4.79 Å². The van der Waals surface area contributed by atoms with E-state index in [0.29, 0.717) is 12.3 Å². The van der Waals surface area contributed by atoms with Crippen LogP contribution in [0.4, 0.5) is 0 Å². The number of aromatic amines is 1. The number of piperidine rings is 1. The average molecular weight is 364 g/mol. The summed E-state index contributed by atoms with van der Waals surface area (Å²) in [5, 5.41) is 1.23. The summed E-state index contributed by atoms with van der Waals surface area (Å²) in [5.74, 6) is 0.311. The monoisotopic (exact) mass is 363 g/mol. The van der Waals surface area contributed by atoms with Gasteiger partial charge in [-0.15, -0.1) is 12.4 Å². The van der Waals surface area contributed by atoms with Crippen molar-refractivity contribution in [2.45, 2.75) is 57.4 Å². The third-order valence-electron chi connectivity index (χ3n) is 5.08. The van der Waals surface area contributed by atoms with Gasteiger partial charge >= 0.3 is 0 Å². The number of aromatic nitrogens is 1. The first-order valence-electron chi connectivity index (χ1n) is 9.37. The number of likely N-dealkylation sites (tertiary alicyclic amines) is 1. The molecule has 3 rings (SSSR count). The van der Waals surface area contributed by atoms with Gasteiger partial charge in [-0.2, -0.15) is 0 Å². The molecule has 2 aromatic rings. The lowest BCUT2D eigenvalue weighted by atomic mass is 9.98. The van der Waals surface area contributed by atoms with Crippen LogP contribution in [-0.2, 0) is 4.79 Å². The molecule has 0 saturated carbocycles. The van der Waals surface area contributed by atoms with Crippen molar-refractivity contribution in [3.8, 4) is 0 Å². The fraction of sp³-hybridized carbons (Fsp3) is 0.550. The first kappa shape index (κ1) is 19.8. The van der Waals surface area contributed by atoms with Crippen LogP contribution >= 0.6 is 12.4 Å². The number of rotatable bonds is 7. The van der Waals surface area contributed by atoms with E-state index in [4.69, 9.17) is 5.73 Å². The van der Waals surface area contributed by atoms with Gasteiger partial charge in [0.25, 0.3) is 0 Å². The van der Waals surface area contributed by atoms with Crippen LogP contribution in [0.2, 0.25) is 0 Å². The molecule has 1 amide bonds. The van der Waals surface area contributed by atoms with Gasteiger partial charge in [0.05, 0.1) is 6.04 Å². The zero-order valence-electron chi connectivity index (χ0n) is 14.9. The van der Waals surface area contributed by atoms with Crippen LogP contribution in [-0.4, -0.2) is 28.9 Å². The third kappa shape index (κ3) is 4.99. The Morgan fingerprint density at radius 3 is 2.76 bits per heavy atom. The molecular formula is C20H30ClN3O. The summed E-state index contributed by atoms with van der Waals surface area (Å²) in [5.41, 5.74) is 7.87. The van der Waals surface area contributed by atoms with Crippen LogP contribution in [0.3, 0.4) is 0 Å². The lowest BCUT2D eigenvalue weighted by Gasteiger charge is -2.35. The van der Waals surface area contributed by atoms with E-state index in [2.05, 4.69) is 34.1 Å². The molecule has 4 nitrogen and oxygen atoms in total. The molecule has 1 aliphatic rings. The second kappa shape index (κ2) is 9.83. The molecule has 1 aromatic heterocycles. The van der Waals surface area contributed by atoms with E-state index in [0.717, 1.165) is 57.1 Å². The molecule has 1 unspecified atom stereocenters. The highest BCUT2D eigenvalue weighted by Crippen LogP contribution is 2.32. The summed E-state index contributed by atoms with van der Waals surface area (Å²) in [6.45, 7) is 1.64. The molecule has 1 aliphatic heterocycles. The minimum atomic E-state index is 0. The Labute approximate surface area is 156 Å². The molecule has 1 saturated heterocycles. The topological polar surface area (TPSA) is 62.1 Å². The molecule has 0 radical (unpaired) electrons. The number of nitrogens with two attached hydrogens (primary N) is 1. The highest BCUT2D eigenvalue weighted by atomic mass is 35.5. The van der Waals surface area contributed by atoms with E-state index in [-0.39, 0.29) is 18.4 Å². The second-order valence-corrected chi connectivity index (χ2v) is 6.86. The molecule has 5 heteroatoms. The molecule has 2 heterocycles. The quantitative estimate of drug-likeness (QED) is 0.708. The van der Waals surface area contributed by atoms with Crippen LogP contribution in [0.25, 0.3) is 10.9 Å². The predicted octanol–water partition coefficient (Wildman–Crippen LogP) is 4.55. The predicted molar refractivity (Wildman–Crippen MR) is 106 cm³/mol. The van der Waals surface area contributed by atoms with Gasteiger partial charge < -0.3 is 15.6 Å². The Balaban J connectivity index is 0.00000225. The lowest BCUT2D eigenvalue weighted by Crippen LogP contribution is -2.38. The average Bonchev–Trinajstić information content (AvgIpc) is 3.05. The highest BCUT2D eigenvalue weighted by molar-refractivity contribution is 5.85. The number of halogens is 1. The Morgan fingerprint density at radius 1 is 1.16 bits per heavy atom. The minimum Gasteiger partial charge on any atom is -0.357 e. The molecule has 0 bridgehead atoms. The van der Waals surface area contributed by atoms with Crippen LogP contribution in [0, 0.1) is 0 Å². The number of nitrogens with one attached hydrogen (secondary N) is 1. The Bertz CT molecular complexity index is 637. The lowest BCUT2D eigenvalue weighted by molar-refractivity contribution is -0.135. The molecule has 138 valence electrons. The number of H-pyrrole nitrogens is 1. The maximum Gasteiger partial charge on any atom is 0.223 e. The zero-order chi connectivity index (χ0) is 16.8. The molecule has 1 atom stereocenters. The number of hydrogen-bond donors (Lipinski definition) is 2. The van der Waals surface area contributed by atoms with Crippen molar-refractivity contribution in [3.05, 3.63) is 36.0 Å². The summed E-state index contributed by atoms with van der Waals surface area (Å²) in [6, 6.07) is 10.8. The first-order valence-corrected chi connectivity index (χ1v) is 9.37. The fourth-order valence-electron chi connectivity index (χ4n) is 3.75. The van der Waals surface area contributed by atoms with Gasteiger partial charge in [0, 0.05) is 24.2 Å². The molecule has 0 spiro atoms. The van der Waals surface area contributed by atoms with Crippen LogP contribution in [0.5, 0.6) is 0 Å². The van der Waals surface area contributed by atoms with Gasteiger partial charge in [-0.05, 0) is 56.2 Å². The van der Waals surface area contributed by atoms with Crippen LogP contribution < -0.4 is 5.73 Å². The number of benzene rings is 1. The van der Waals surface area contributed by atoms with Gasteiger partial charge in [-0.3, -0.25) is 4.79 Å². The molecule has 25 heavy (non-hydrogen) atoms. The number of fused-ring (bicyclic) bond motifs is 1. The van der Waals surface area contributed by atoms with Crippen molar-refractivity contribution in [1.29, 1.82) is 0 Å². The standard InChI is InChI=1S/C20H29N3O.ClH/c21-13-7-2-1-3-12-20(24)23-14-8-6-11-19(23)18-15-16-9-4-5-10-17(16)22-18;/h4-5,9-10,15,19,22H,1-3,6-8,11-14,21H2;1H. The van der Waals surface area contributed by atoms with E-state index in [1.807, 2.05) is 6.07 Å². The van der Waals surface area contributed by atoms with Gasteiger partial charge in [-0.1, -0.05) is 31.0 Å². The van der Waals surface area contributed by atoms with Gasteiger partial charge in [0.1, 0.15) is 0 Å². The normalized spacial score (nSPS) is 17.5. The summed E-state index contributed by atoms with van der Waals surface area (Å²) in [6.07, 6.45) is 8.33. The van der Waals surface area contributed by atoms with Gasteiger partial charge in [0.15, 0.2) is 0 Å². The van der Waals surface area contributed by atoms with Crippen LogP contribution in [0.15, 0.2) is 30.3 Å². The van der Waals surface area contributed by atoms with Gasteiger partial charge in [0.2, 0.25) is 5.91 Å². The van der Waals surface area contributed by atoms with Crippen molar-refractivity contribution in [2.75, 3.05) is 13.1 Å². The fourth-order valence-corrected chi connectivity index (χ4v) is 3.75. The van der Waals surface area contributed by atoms with E-state index < -0.39 is 0 Å². The SMILES string of the molecule is Cl.NCCCCCCC(=O)N1CCCCC1c1cc2ccccc2[nH]1. The second-order valence-electron chi connectivity index (χ2n) is 6.86. The molecule has 1 fully saturated rings. The van der Waals surface area contributed by atoms with E-state index >= 15 is 0 Å². The number of amides is 1. The summed E-state index contributed by atoms with van der Waals surface area (Å²) in [7, 11) is 0. The minimum absolute atomic E-state index is 0. The molecule has 3 N–H and O–H groups in total. The van der Waals surface area contributed by atoms with E-state index in [1.165, 1.54) is 17.5 Å². The smallest absolute Gasteiger partial charge is 0.223 e. The van der Waals surface area contributed by atoms with Crippen molar-refractivity contribution >= 4 is 29.2 Å². The van der Waals surface area contributed by atoms with Crippen LogP contribution in [0.1, 0.15) is 63.1 Å². The van der Waals surface area contributed by atoms with E-state index in [9.17, 15) is 4.79 Å². The zero-order valence-corrected chi connectivity index (χ0v) is 15.7. The number of carbonyl (C=O) groups is 1. The molecule has 1 aromatic carbocycles. The molecular weight excluding hydrogens is 334 g/mol. The van der Waals surface area contributed by atoms with Crippen molar-refractivity contribution in [3.63, 3.8) is 0 Å². The maximum atomic E-state index is 12.7. The molecule has 0 aliphatic carbocycles. The first-order chi connectivity index (χ1) is 11.8. The Hall–Kier alpha value is -1.52. The largest absolute Gasteiger partial charge is 0.357 e. The summed E-state index contributed by atoms with van der Waals surface area (Å²) < 4.78 is 0. The van der Waals surface area contributed by atoms with Crippen molar-refractivity contribution in [1.82, 2.24) is 9.88 Å². The number of nitrogens with zero attached hydrogens (tertiary/aromatic N) is 1. The third-order valence-corrected chi connectivity index (χ3v) is 5.08. The number of hydrogen-bond acceptors (Lipinski definition) is 2. The Kier molecular flexibility index (Phi) is 7.79. The number of unbranched alkanes of at least 4 members (excludes halogenated alkanes) is 3. The Morgan fingerprint density at radius 2 is 1.96 bits per heavy atom. The van der Waals surface area contributed by atoms with E-state index in [1.54, 1.807) is 0 Å². The number of carbonyl (C=O) groups excluding carboxylic acids is 1. The summed E-state index contributed by atoms with van der Waals surface area (Å²) >= 11 is 0.